The first-order valence-electron chi connectivity index (χ1n) is 17.8. The van der Waals surface area contributed by atoms with Crippen LogP contribution in [0, 0.1) is 0 Å². The maximum absolute atomic E-state index is 13.0. The van der Waals surface area contributed by atoms with Gasteiger partial charge in [-0.3, -0.25) is 14.4 Å². The van der Waals surface area contributed by atoms with Crippen molar-refractivity contribution in [3.8, 4) is 5.69 Å². The SMILES string of the molecule is CC(C)(C)c1cc2cn(-c3ccc([C@H](CC(=O)O)NCCCN=C(N)N)cc3)c(=O)nc2[nH]1.C[C@H](N)CCCc1cc(C(C)(C)C)cc(C(F)(F)F)c1. The summed E-state index contributed by atoms with van der Waals surface area (Å²) in [5, 5.41) is 13.4. The largest absolute Gasteiger partial charge is 0.481 e. The minimum atomic E-state index is -4.29. The smallest absolute Gasteiger partial charge is 0.416 e. The van der Waals surface area contributed by atoms with Crippen molar-refractivity contribution < 1.29 is 23.1 Å². The molecule has 4 rings (SSSR count). The van der Waals surface area contributed by atoms with E-state index in [1.165, 1.54) is 16.7 Å². The lowest BCUT2D eigenvalue weighted by Gasteiger charge is -2.22. The number of guanidine groups is 1. The average molecular weight is 741 g/mol. The van der Waals surface area contributed by atoms with Gasteiger partial charge in [0.25, 0.3) is 0 Å². The summed E-state index contributed by atoms with van der Waals surface area (Å²) in [6.07, 6.45) is 0.325. The number of benzene rings is 2. The number of alkyl halides is 3. The Hall–Kier alpha value is -4.69. The number of H-pyrrole nitrogens is 1. The van der Waals surface area contributed by atoms with Gasteiger partial charge in [0.05, 0.1) is 17.7 Å². The zero-order valence-corrected chi connectivity index (χ0v) is 31.8. The molecule has 0 spiro atoms. The van der Waals surface area contributed by atoms with Gasteiger partial charge >= 0.3 is 17.8 Å². The lowest BCUT2D eigenvalue weighted by atomic mass is 9.84. The van der Waals surface area contributed by atoms with E-state index in [1.807, 2.05) is 52.0 Å². The summed E-state index contributed by atoms with van der Waals surface area (Å²) in [6, 6.07) is 13.3. The molecule has 0 bridgehead atoms. The first-order valence-corrected chi connectivity index (χ1v) is 17.8. The third-order valence-corrected chi connectivity index (χ3v) is 8.60. The third kappa shape index (κ3) is 13.3. The van der Waals surface area contributed by atoms with E-state index in [1.54, 1.807) is 18.3 Å². The lowest BCUT2D eigenvalue weighted by Crippen LogP contribution is -2.26. The van der Waals surface area contributed by atoms with Gasteiger partial charge in [-0.1, -0.05) is 59.7 Å². The van der Waals surface area contributed by atoms with Crippen molar-refractivity contribution >= 4 is 23.0 Å². The first kappa shape index (κ1) is 42.7. The summed E-state index contributed by atoms with van der Waals surface area (Å²) in [5.41, 5.74) is 19.5. The average Bonchev–Trinajstić information content (AvgIpc) is 3.46. The van der Waals surface area contributed by atoms with E-state index in [9.17, 15) is 27.9 Å². The van der Waals surface area contributed by atoms with Crippen molar-refractivity contribution in [2.45, 2.75) is 110 Å². The van der Waals surface area contributed by atoms with Gasteiger partial charge in [0.15, 0.2) is 5.96 Å². The van der Waals surface area contributed by atoms with Crippen molar-refractivity contribution in [2.24, 2.45) is 22.2 Å². The standard InChI is InChI=1S/C23H31N7O3.C16H24F3N/c1-23(2,3)18-11-15-13-30(22(33)29-20(15)28-18)16-7-5-14(6-8-16)17(12-19(31)32)26-9-4-10-27-21(24)25;1-11(20)6-5-7-12-8-13(15(2,3)4)10-14(9-12)16(17,18)19/h5-8,11,13,17,26H,4,9-10,12H2,1-3H3,(H,31,32)(H4,24,25,27)(H,28,29,33);8-11H,5-7,20H2,1-4H3/t17-;11-/m00/s1. The normalized spacial score (nSPS) is 13.3. The van der Waals surface area contributed by atoms with Gasteiger partial charge in [-0.05, 0) is 91.6 Å². The number of nitrogens with zero attached hydrogens (tertiary/aromatic N) is 3. The van der Waals surface area contributed by atoms with Crippen LogP contribution in [0.3, 0.4) is 0 Å². The van der Waals surface area contributed by atoms with Crippen LogP contribution >= 0.6 is 0 Å². The summed E-state index contributed by atoms with van der Waals surface area (Å²) in [6.45, 7) is 15.0. The molecule has 4 aromatic rings. The van der Waals surface area contributed by atoms with Crippen LogP contribution < -0.4 is 28.2 Å². The van der Waals surface area contributed by atoms with E-state index in [-0.39, 0.29) is 35.3 Å². The van der Waals surface area contributed by atoms with E-state index < -0.39 is 23.4 Å². The Bertz CT molecular complexity index is 1860. The van der Waals surface area contributed by atoms with Gasteiger partial charge < -0.3 is 32.6 Å². The van der Waals surface area contributed by atoms with Gasteiger partial charge in [0, 0.05) is 41.3 Å². The van der Waals surface area contributed by atoms with Crippen molar-refractivity contribution in [3.63, 3.8) is 0 Å². The van der Waals surface area contributed by atoms with Crippen molar-refractivity contribution in [1.82, 2.24) is 19.9 Å². The molecule has 0 aliphatic heterocycles. The Morgan fingerprint density at radius 2 is 1.62 bits per heavy atom. The molecule has 2 heterocycles. The summed E-state index contributed by atoms with van der Waals surface area (Å²) >= 11 is 0. The molecule has 0 saturated carbocycles. The zero-order valence-electron chi connectivity index (χ0n) is 31.8. The summed E-state index contributed by atoms with van der Waals surface area (Å²) < 4.78 is 40.4. The van der Waals surface area contributed by atoms with Gasteiger partial charge in [0.1, 0.15) is 5.65 Å². The number of aromatic amines is 1. The van der Waals surface area contributed by atoms with Gasteiger partial charge in [-0.2, -0.15) is 18.2 Å². The second kappa shape index (κ2) is 17.9. The number of rotatable bonds is 13. The highest BCUT2D eigenvalue weighted by molar-refractivity contribution is 5.76. The molecule has 0 fully saturated rings. The number of aryl methyl sites for hydroxylation is 1. The molecule has 0 saturated heterocycles. The number of hydrogen-bond acceptors (Lipinski definition) is 6. The molecule has 290 valence electrons. The van der Waals surface area contributed by atoms with E-state index in [0.29, 0.717) is 37.3 Å². The van der Waals surface area contributed by atoms with E-state index in [0.717, 1.165) is 40.6 Å². The van der Waals surface area contributed by atoms with Crippen LogP contribution in [-0.2, 0) is 28.2 Å². The lowest BCUT2D eigenvalue weighted by molar-refractivity contribution is -0.138. The van der Waals surface area contributed by atoms with E-state index in [2.05, 4.69) is 41.0 Å². The van der Waals surface area contributed by atoms with Crippen LogP contribution in [0.15, 0.2) is 64.5 Å². The number of fused-ring (bicyclic) bond motifs is 1. The molecule has 2 atom stereocenters. The number of aromatic nitrogens is 3. The second-order valence-corrected chi connectivity index (χ2v) is 15.5. The van der Waals surface area contributed by atoms with Crippen LogP contribution in [0.1, 0.15) is 108 Å². The summed E-state index contributed by atoms with van der Waals surface area (Å²) in [5.74, 6) is -0.876. The maximum Gasteiger partial charge on any atom is 0.416 e. The fourth-order valence-corrected chi connectivity index (χ4v) is 5.56. The molecule has 0 aliphatic rings. The highest BCUT2D eigenvalue weighted by atomic mass is 19.4. The van der Waals surface area contributed by atoms with Crippen LogP contribution in [-0.4, -0.2) is 50.7 Å². The second-order valence-electron chi connectivity index (χ2n) is 15.5. The quantitative estimate of drug-likeness (QED) is 0.0512. The van der Waals surface area contributed by atoms with Crippen molar-refractivity contribution in [1.29, 1.82) is 0 Å². The van der Waals surface area contributed by atoms with Gasteiger partial charge in [-0.25, -0.2) is 4.79 Å². The number of aliphatic carboxylic acids is 1. The Morgan fingerprint density at radius 3 is 2.17 bits per heavy atom. The molecule has 0 amide bonds. The maximum atomic E-state index is 13.0. The van der Waals surface area contributed by atoms with Crippen molar-refractivity contribution in [2.75, 3.05) is 13.1 Å². The van der Waals surface area contributed by atoms with Crippen LogP contribution in [0.5, 0.6) is 0 Å². The van der Waals surface area contributed by atoms with Crippen LogP contribution in [0.25, 0.3) is 16.7 Å². The number of halogens is 3. The monoisotopic (exact) mass is 740 g/mol. The minimum absolute atomic E-state index is 0.0323. The zero-order chi connectivity index (χ0) is 39.7. The highest BCUT2D eigenvalue weighted by Gasteiger charge is 2.32. The number of carboxylic acid groups (broad SMARTS) is 1. The Labute approximate surface area is 309 Å². The molecular formula is C39H55F3N8O3. The highest BCUT2D eigenvalue weighted by Crippen LogP contribution is 2.34. The van der Waals surface area contributed by atoms with E-state index >= 15 is 0 Å². The predicted molar refractivity (Wildman–Crippen MR) is 205 cm³/mol. The number of nitrogens with one attached hydrogen (secondary N) is 2. The summed E-state index contributed by atoms with van der Waals surface area (Å²) in [7, 11) is 0. The summed E-state index contributed by atoms with van der Waals surface area (Å²) in [4.78, 5) is 35.3. The number of nitrogens with two attached hydrogens (primary N) is 3. The third-order valence-electron chi connectivity index (χ3n) is 8.60. The van der Waals surface area contributed by atoms with Gasteiger partial charge in [-0.15, -0.1) is 0 Å². The molecule has 0 unspecified atom stereocenters. The topological polar surface area (TPSA) is 190 Å². The molecule has 9 N–H and O–H groups in total. The van der Waals surface area contributed by atoms with Gasteiger partial charge in [0.2, 0.25) is 0 Å². The molecule has 11 nitrogen and oxygen atoms in total. The predicted octanol–water partition coefficient (Wildman–Crippen LogP) is 6.45. The fourth-order valence-electron chi connectivity index (χ4n) is 5.56. The number of hydrogen-bond donors (Lipinski definition) is 6. The molecule has 53 heavy (non-hydrogen) atoms. The Balaban J connectivity index is 0.000000324. The number of aliphatic imine (C=N–C) groups is 1. The van der Waals surface area contributed by atoms with Crippen molar-refractivity contribution in [3.05, 3.63) is 93.2 Å². The van der Waals surface area contributed by atoms with Crippen LogP contribution in [0.4, 0.5) is 13.2 Å². The molecule has 0 radical (unpaired) electrons. The Morgan fingerprint density at radius 1 is 0.981 bits per heavy atom. The molecule has 0 aliphatic carbocycles. The fraction of sp³-hybridized carbons (Fsp3) is 0.487. The van der Waals surface area contributed by atoms with E-state index in [4.69, 9.17) is 17.2 Å². The molecule has 2 aromatic heterocycles. The molecule has 2 aromatic carbocycles. The Kier molecular flexibility index (Phi) is 14.4. The van der Waals surface area contributed by atoms with Crippen LogP contribution in [0.2, 0.25) is 0 Å². The molecule has 14 heteroatoms. The molecular weight excluding hydrogens is 685 g/mol. The number of carbonyl (C=O) groups is 1. The first-order chi connectivity index (χ1) is 24.5. The minimum Gasteiger partial charge on any atom is -0.481 e. The number of carboxylic acids is 1.